The summed E-state index contributed by atoms with van der Waals surface area (Å²) in [4.78, 5) is 0. The zero-order valence-electron chi connectivity index (χ0n) is 12.6. The minimum absolute atomic E-state index is 0.222. The second kappa shape index (κ2) is 7.81. The van der Waals surface area contributed by atoms with Crippen LogP contribution in [0.25, 0.3) is 0 Å². The predicted octanol–water partition coefficient (Wildman–Crippen LogP) is 3.47. The van der Waals surface area contributed by atoms with Gasteiger partial charge in [0.1, 0.15) is 18.5 Å². The number of hydrogen-bond acceptors (Lipinski definition) is 3. The summed E-state index contributed by atoms with van der Waals surface area (Å²) in [5.74, 6) is 0.820. The van der Waals surface area contributed by atoms with E-state index in [-0.39, 0.29) is 12.6 Å². The highest BCUT2D eigenvalue weighted by Crippen LogP contribution is 2.26. The Kier molecular flexibility index (Phi) is 5.78. The van der Waals surface area contributed by atoms with Crippen molar-refractivity contribution in [1.82, 2.24) is 5.32 Å². The number of aliphatic hydroxyl groups is 1. The number of benzene rings is 2. The average Bonchev–Trinajstić information content (AvgIpc) is 2.54. The highest BCUT2D eigenvalue weighted by Gasteiger charge is 2.12. The van der Waals surface area contributed by atoms with Crippen LogP contribution in [-0.2, 0) is 0 Å². The van der Waals surface area contributed by atoms with E-state index in [1.54, 1.807) is 0 Å². The van der Waals surface area contributed by atoms with E-state index in [0.717, 1.165) is 23.4 Å². The molecule has 0 spiro atoms. The second-order valence-electron chi connectivity index (χ2n) is 5.05. The average molecular weight is 285 g/mol. The zero-order chi connectivity index (χ0) is 15.1. The molecule has 21 heavy (non-hydrogen) atoms. The Morgan fingerprint density at radius 2 is 1.71 bits per heavy atom. The van der Waals surface area contributed by atoms with Gasteiger partial charge in [-0.2, -0.15) is 0 Å². The Balaban J connectivity index is 2.03. The molecule has 2 rings (SSSR count). The number of aliphatic hydroxyl groups excluding tert-OH is 1. The molecule has 0 amide bonds. The third kappa shape index (κ3) is 4.31. The van der Waals surface area contributed by atoms with E-state index in [1.165, 1.54) is 0 Å². The molecule has 2 aromatic carbocycles. The van der Waals surface area contributed by atoms with E-state index in [9.17, 15) is 5.11 Å². The number of nitrogens with one attached hydrogen (secondary N) is 1. The molecule has 0 radical (unpaired) electrons. The SMILES string of the molecule is CCNC(C)c1ccccc1OCC(O)c1ccccc1. The van der Waals surface area contributed by atoms with Crippen LogP contribution in [0.15, 0.2) is 54.6 Å². The van der Waals surface area contributed by atoms with Gasteiger partial charge in [-0.15, -0.1) is 0 Å². The summed E-state index contributed by atoms with van der Waals surface area (Å²) < 4.78 is 5.83. The van der Waals surface area contributed by atoms with Crippen LogP contribution in [0.2, 0.25) is 0 Å². The molecular weight excluding hydrogens is 262 g/mol. The predicted molar refractivity (Wildman–Crippen MR) is 85.4 cm³/mol. The number of ether oxygens (including phenoxy) is 1. The van der Waals surface area contributed by atoms with Crippen molar-refractivity contribution >= 4 is 0 Å². The number of para-hydroxylation sites is 1. The van der Waals surface area contributed by atoms with Crippen LogP contribution in [0.4, 0.5) is 0 Å². The van der Waals surface area contributed by atoms with Crippen molar-refractivity contribution in [2.45, 2.75) is 26.0 Å². The smallest absolute Gasteiger partial charge is 0.124 e. The summed E-state index contributed by atoms with van der Waals surface area (Å²) in [5, 5.41) is 13.6. The molecule has 0 aliphatic rings. The third-order valence-electron chi connectivity index (χ3n) is 3.48. The molecule has 2 atom stereocenters. The quantitative estimate of drug-likeness (QED) is 0.818. The maximum atomic E-state index is 10.2. The Morgan fingerprint density at radius 1 is 1.05 bits per heavy atom. The zero-order valence-corrected chi connectivity index (χ0v) is 12.6. The Labute approximate surface area is 126 Å². The van der Waals surface area contributed by atoms with Crippen LogP contribution in [0.3, 0.4) is 0 Å². The van der Waals surface area contributed by atoms with Gasteiger partial charge in [-0.3, -0.25) is 0 Å². The molecule has 2 N–H and O–H groups in total. The first kappa shape index (κ1) is 15.5. The molecule has 0 fully saturated rings. The Morgan fingerprint density at radius 3 is 2.43 bits per heavy atom. The molecule has 112 valence electrons. The van der Waals surface area contributed by atoms with Crippen LogP contribution < -0.4 is 10.1 Å². The van der Waals surface area contributed by atoms with Gasteiger partial charge < -0.3 is 15.2 Å². The van der Waals surface area contributed by atoms with Gasteiger partial charge >= 0.3 is 0 Å². The molecule has 3 heteroatoms. The molecule has 3 nitrogen and oxygen atoms in total. The second-order valence-corrected chi connectivity index (χ2v) is 5.05. The first-order valence-corrected chi connectivity index (χ1v) is 7.40. The van der Waals surface area contributed by atoms with E-state index in [1.807, 2.05) is 48.5 Å². The Hall–Kier alpha value is -1.84. The van der Waals surface area contributed by atoms with Gasteiger partial charge in [-0.1, -0.05) is 55.5 Å². The molecular formula is C18H23NO2. The minimum atomic E-state index is -0.617. The fourth-order valence-corrected chi connectivity index (χ4v) is 2.33. The van der Waals surface area contributed by atoms with Crippen LogP contribution >= 0.6 is 0 Å². The minimum Gasteiger partial charge on any atom is -0.490 e. The van der Waals surface area contributed by atoms with Crippen molar-refractivity contribution in [2.75, 3.05) is 13.2 Å². The van der Waals surface area contributed by atoms with Crippen molar-refractivity contribution in [2.24, 2.45) is 0 Å². The summed E-state index contributed by atoms with van der Waals surface area (Å²) in [7, 11) is 0. The van der Waals surface area contributed by atoms with Crippen LogP contribution in [-0.4, -0.2) is 18.3 Å². The lowest BCUT2D eigenvalue weighted by molar-refractivity contribution is 0.107. The molecule has 0 heterocycles. The molecule has 2 unspecified atom stereocenters. The maximum absolute atomic E-state index is 10.2. The summed E-state index contributed by atoms with van der Waals surface area (Å²) in [6.07, 6.45) is -0.617. The number of rotatable bonds is 7. The highest BCUT2D eigenvalue weighted by atomic mass is 16.5. The van der Waals surface area contributed by atoms with Gasteiger partial charge in [0, 0.05) is 11.6 Å². The van der Waals surface area contributed by atoms with Crippen LogP contribution in [0.5, 0.6) is 5.75 Å². The molecule has 0 aliphatic heterocycles. The lowest BCUT2D eigenvalue weighted by atomic mass is 10.1. The van der Waals surface area contributed by atoms with Crippen molar-refractivity contribution in [1.29, 1.82) is 0 Å². The summed E-state index contributed by atoms with van der Waals surface area (Å²) >= 11 is 0. The van der Waals surface area contributed by atoms with E-state index in [2.05, 4.69) is 25.2 Å². The Bertz CT molecular complexity index is 542. The van der Waals surface area contributed by atoms with Gasteiger partial charge in [-0.05, 0) is 25.1 Å². The first-order chi connectivity index (χ1) is 10.2. The fourth-order valence-electron chi connectivity index (χ4n) is 2.33. The summed E-state index contributed by atoms with van der Waals surface area (Å²) in [5.41, 5.74) is 1.98. The van der Waals surface area contributed by atoms with Gasteiger partial charge in [-0.25, -0.2) is 0 Å². The van der Waals surface area contributed by atoms with Gasteiger partial charge in [0.2, 0.25) is 0 Å². The summed E-state index contributed by atoms with van der Waals surface area (Å²) in [6.45, 7) is 5.35. The molecule has 2 aromatic rings. The molecule has 0 bridgehead atoms. The van der Waals surface area contributed by atoms with Crippen molar-refractivity contribution in [3.05, 3.63) is 65.7 Å². The van der Waals surface area contributed by atoms with E-state index in [4.69, 9.17) is 4.74 Å². The summed E-state index contributed by atoms with van der Waals surface area (Å²) in [6, 6.07) is 17.8. The van der Waals surface area contributed by atoms with Crippen molar-refractivity contribution in [3.8, 4) is 5.75 Å². The van der Waals surface area contributed by atoms with E-state index >= 15 is 0 Å². The third-order valence-corrected chi connectivity index (χ3v) is 3.48. The monoisotopic (exact) mass is 285 g/mol. The molecule has 0 saturated carbocycles. The fraction of sp³-hybridized carbons (Fsp3) is 0.333. The molecule has 0 aromatic heterocycles. The molecule has 0 aliphatic carbocycles. The van der Waals surface area contributed by atoms with Crippen molar-refractivity contribution < 1.29 is 9.84 Å². The van der Waals surface area contributed by atoms with Crippen LogP contribution in [0, 0.1) is 0 Å². The van der Waals surface area contributed by atoms with E-state index in [0.29, 0.717) is 0 Å². The first-order valence-electron chi connectivity index (χ1n) is 7.40. The lowest BCUT2D eigenvalue weighted by Crippen LogP contribution is -2.19. The van der Waals surface area contributed by atoms with Crippen LogP contribution in [0.1, 0.15) is 37.1 Å². The highest BCUT2D eigenvalue weighted by molar-refractivity contribution is 5.35. The van der Waals surface area contributed by atoms with Gasteiger partial charge in [0.25, 0.3) is 0 Å². The molecule has 0 saturated heterocycles. The lowest BCUT2D eigenvalue weighted by Gasteiger charge is -2.19. The number of hydrogen-bond donors (Lipinski definition) is 2. The van der Waals surface area contributed by atoms with Gasteiger partial charge in [0.15, 0.2) is 0 Å². The topological polar surface area (TPSA) is 41.5 Å². The normalized spacial score (nSPS) is 13.7. The standard InChI is InChI=1S/C18H23NO2/c1-3-19-14(2)16-11-7-8-12-18(16)21-13-17(20)15-9-5-4-6-10-15/h4-12,14,17,19-20H,3,13H2,1-2H3. The van der Waals surface area contributed by atoms with Gasteiger partial charge in [0.05, 0.1) is 0 Å². The van der Waals surface area contributed by atoms with Crippen molar-refractivity contribution in [3.63, 3.8) is 0 Å². The maximum Gasteiger partial charge on any atom is 0.124 e. The largest absolute Gasteiger partial charge is 0.490 e. The van der Waals surface area contributed by atoms with E-state index < -0.39 is 6.10 Å².